The maximum Gasteiger partial charge on any atom is 0.335 e. The summed E-state index contributed by atoms with van der Waals surface area (Å²) in [6, 6.07) is 12.6. The summed E-state index contributed by atoms with van der Waals surface area (Å²) < 4.78 is 0. The highest BCUT2D eigenvalue weighted by atomic mass is 35.5. The van der Waals surface area contributed by atoms with Gasteiger partial charge in [0.2, 0.25) is 0 Å². The average Bonchev–Trinajstić information content (AvgIpc) is 2.41. The van der Waals surface area contributed by atoms with Crippen molar-refractivity contribution in [1.82, 2.24) is 0 Å². The molecule has 4 heteroatoms. The van der Waals surface area contributed by atoms with Crippen molar-refractivity contribution in [2.75, 3.05) is 11.9 Å². The Bertz CT molecular complexity index is 608. The van der Waals surface area contributed by atoms with Gasteiger partial charge < -0.3 is 10.0 Å². The molecule has 0 amide bonds. The summed E-state index contributed by atoms with van der Waals surface area (Å²) in [5.41, 5.74) is 3.17. The van der Waals surface area contributed by atoms with Gasteiger partial charge in [-0.25, -0.2) is 4.79 Å². The number of nitrogens with zero attached hydrogens (tertiary/aromatic N) is 1. The lowest BCUT2D eigenvalue weighted by Crippen LogP contribution is -2.09. The number of halogens is 1. The third-order valence-electron chi connectivity index (χ3n) is 3.04. The van der Waals surface area contributed by atoms with Gasteiger partial charge in [-0.05, 0) is 48.9 Å². The first kappa shape index (κ1) is 13.4. The third kappa shape index (κ3) is 2.88. The molecule has 0 aliphatic carbocycles. The van der Waals surface area contributed by atoms with Crippen LogP contribution in [0.1, 0.15) is 15.9 Å². The Morgan fingerprint density at radius 1 is 1.11 bits per heavy atom. The van der Waals surface area contributed by atoms with Crippen LogP contribution in [-0.2, 0) is 0 Å². The molecule has 0 radical (unpaired) electrons. The zero-order valence-corrected chi connectivity index (χ0v) is 11.5. The molecular formula is C15H14ClNO2. The van der Waals surface area contributed by atoms with Gasteiger partial charge >= 0.3 is 5.97 Å². The molecule has 0 atom stereocenters. The van der Waals surface area contributed by atoms with Crippen LogP contribution < -0.4 is 4.90 Å². The van der Waals surface area contributed by atoms with E-state index >= 15 is 0 Å². The fraction of sp³-hybridized carbons (Fsp3) is 0.133. The SMILES string of the molecule is Cc1ccc(N(C)c2ccc(C(=O)O)cc2)cc1Cl. The standard InChI is InChI=1S/C15H14ClNO2/c1-10-3-6-13(9-14(10)16)17(2)12-7-4-11(5-8-12)15(18)19/h3-9H,1-2H3,(H,18,19). The van der Waals surface area contributed by atoms with Gasteiger partial charge in [0.05, 0.1) is 5.56 Å². The molecule has 0 bridgehead atoms. The molecule has 2 aromatic carbocycles. The van der Waals surface area contributed by atoms with Crippen LogP contribution in [0.25, 0.3) is 0 Å². The number of hydrogen-bond donors (Lipinski definition) is 1. The first-order valence-electron chi connectivity index (χ1n) is 5.82. The molecule has 0 fully saturated rings. The molecule has 0 aromatic heterocycles. The first-order chi connectivity index (χ1) is 8.99. The van der Waals surface area contributed by atoms with Crippen LogP contribution in [0.3, 0.4) is 0 Å². The van der Waals surface area contributed by atoms with Gasteiger partial charge in [-0.2, -0.15) is 0 Å². The van der Waals surface area contributed by atoms with Crippen molar-refractivity contribution in [3.05, 3.63) is 58.6 Å². The number of carbonyl (C=O) groups is 1. The Kier molecular flexibility index (Phi) is 3.76. The van der Waals surface area contributed by atoms with Crippen LogP contribution in [0.2, 0.25) is 5.02 Å². The number of carboxylic acid groups (broad SMARTS) is 1. The second-order valence-electron chi connectivity index (χ2n) is 4.34. The summed E-state index contributed by atoms with van der Waals surface area (Å²) in [6.07, 6.45) is 0. The smallest absolute Gasteiger partial charge is 0.335 e. The van der Waals surface area contributed by atoms with Crippen molar-refractivity contribution in [2.45, 2.75) is 6.92 Å². The van der Waals surface area contributed by atoms with Crippen LogP contribution in [0.15, 0.2) is 42.5 Å². The minimum Gasteiger partial charge on any atom is -0.478 e. The van der Waals surface area contributed by atoms with Gasteiger partial charge in [-0.3, -0.25) is 0 Å². The molecule has 19 heavy (non-hydrogen) atoms. The molecule has 0 saturated carbocycles. The van der Waals surface area contributed by atoms with Crippen molar-refractivity contribution >= 4 is 28.9 Å². The Morgan fingerprint density at radius 2 is 1.68 bits per heavy atom. The molecule has 2 aromatic rings. The summed E-state index contributed by atoms with van der Waals surface area (Å²) in [4.78, 5) is 12.8. The van der Waals surface area contributed by atoms with Crippen LogP contribution in [-0.4, -0.2) is 18.1 Å². The average molecular weight is 276 g/mol. The minimum atomic E-state index is -0.924. The van der Waals surface area contributed by atoms with Gasteiger partial charge in [0.15, 0.2) is 0 Å². The van der Waals surface area contributed by atoms with Gasteiger partial charge in [-0.15, -0.1) is 0 Å². The summed E-state index contributed by atoms with van der Waals surface area (Å²) in [5, 5.41) is 9.58. The number of hydrogen-bond acceptors (Lipinski definition) is 2. The van der Waals surface area contributed by atoms with Crippen molar-refractivity contribution in [2.24, 2.45) is 0 Å². The second kappa shape index (κ2) is 5.33. The van der Waals surface area contributed by atoms with E-state index in [1.807, 2.05) is 37.1 Å². The molecule has 3 nitrogen and oxygen atoms in total. The molecule has 98 valence electrons. The van der Waals surface area contributed by atoms with E-state index in [0.717, 1.165) is 16.9 Å². The van der Waals surface area contributed by atoms with Crippen LogP contribution in [0.5, 0.6) is 0 Å². The Balaban J connectivity index is 2.30. The fourth-order valence-corrected chi connectivity index (χ4v) is 1.94. The summed E-state index contributed by atoms with van der Waals surface area (Å²) >= 11 is 6.11. The molecule has 1 N–H and O–H groups in total. The van der Waals surface area contributed by atoms with Gasteiger partial charge in [-0.1, -0.05) is 17.7 Å². The van der Waals surface area contributed by atoms with Crippen molar-refractivity contribution < 1.29 is 9.90 Å². The molecular weight excluding hydrogens is 262 g/mol. The van der Waals surface area contributed by atoms with Gasteiger partial charge in [0.1, 0.15) is 0 Å². The number of carboxylic acids is 1. The fourth-order valence-electron chi connectivity index (χ4n) is 1.77. The van der Waals surface area contributed by atoms with E-state index in [1.54, 1.807) is 24.3 Å². The van der Waals surface area contributed by atoms with E-state index in [9.17, 15) is 4.79 Å². The first-order valence-corrected chi connectivity index (χ1v) is 6.20. The zero-order chi connectivity index (χ0) is 14.0. The monoisotopic (exact) mass is 275 g/mol. The van der Waals surface area contributed by atoms with Gasteiger partial charge in [0.25, 0.3) is 0 Å². The van der Waals surface area contributed by atoms with Crippen LogP contribution in [0.4, 0.5) is 11.4 Å². The van der Waals surface area contributed by atoms with E-state index < -0.39 is 5.97 Å². The molecule has 0 saturated heterocycles. The second-order valence-corrected chi connectivity index (χ2v) is 4.75. The lowest BCUT2D eigenvalue weighted by Gasteiger charge is -2.20. The number of aryl methyl sites for hydroxylation is 1. The highest BCUT2D eigenvalue weighted by molar-refractivity contribution is 6.31. The lowest BCUT2D eigenvalue weighted by molar-refractivity contribution is 0.0697. The summed E-state index contributed by atoms with van der Waals surface area (Å²) in [6.45, 7) is 1.95. The van der Waals surface area contributed by atoms with E-state index in [0.29, 0.717) is 5.02 Å². The molecule has 0 aliphatic heterocycles. The molecule has 0 unspecified atom stereocenters. The Labute approximate surface area is 117 Å². The molecule has 0 aliphatic rings. The predicted octanol–water partition coefficient (Wildman–Crippen LogP) is 4.11. The van der Waals surface area contributed by atoms with Crippen molar-refractivity contribution in [1.29, 1.82) is 0 Å². The van der Waals surface area contributed by atoms with E-state index in [4.69, 9.17) is 16.7 Å². The predicted molar refractivity (Wildman–Crippen MR) is 77.7 cm³/mol. The zero-order valence-electron chi connectivity index (χ0n) is 10.7. The largest absolute Gasteiger partial charge is 0.478 e. The summed E-state index contributed by atoms with van der Waals surface area (Å²) in [7, 11) is 1.91. The number of anilines is 2. The Hall–Kier alpha value is -2.00. The Morgan fingerprint density at radius 3 is 2.21 bits per heavy atom. The summed E-state index contributed by atoms with van der Waals surface area (Å²) in [5.74, 6) is -0.924. The maximum absolute atomic E-state index is 10.8. The van der Waals surface area contributed by atoms with Crippen LogP contribution >= 0.6 is 11.6 Å². The normalized spacial score (nSPS) is 10.3. The van der Waals surface area contributed by atoms with Crippen LogP contribution in [0, 0.1) is 6.92 Å². The lowest BCUT2D eigenvalue weighted by atomic mass is 10.1. The highest BCUT2D eigenvalue weighted by Gasteiger charge is 2.07. The quantitative estimate of drug-likeness (QED) is 0.916. The third-order valence-corrected chi connectivity index (χ3v) is 3.45. The number of aromatic carboxylic acids is 1. The van der Waals surface area contributed by atoms with E-state index in [1.165, 1.54) is 0 Å². The van der Waals surface area contributed by atoms with E-state index in [2.05, 4.69) is 0 Å². The maximum atomic E-state index is 10.8. The van der Waals surface area contributed by atoms with E-state index in [-0.39, 0.29) is 5.56 Å². The van der Waals surface area contributed by atoms with Gasteiger partial charge in [0, 0.05) is 23.4 Å². The minimum absolute atomic E-state index is 0.277. The van der Waals surface area contributed by atoms with Crippen molar-refractivity contribution in [3.8, 4) is 0 Å². The molecule has 2 rings (SSSR count). The molecule has 0 heterocycles. The number of rotatable bonds is 3. The number of benzene rings is 2. The highest BCUT2D eigenvalue weighted by Crippen LogP contribution is 2.27. The van der Waals surface area contributed by atoms with Crippen molar-refractivity contribution in [3.63, 3.8) is 0 Å². The topological polar surface area (TPSA) is 40.5 Å². The molecule has 0 spiro atoms.